The molecule has 3 nitrogen and oxygen atoms in total. The highest BCUT2D eigenvalue weighted by molar-refractivity contribution is 6.30. The Morgan fingerprint density at radius 3 is 2.20 bits per heavy atom. The van der Waals surface area contributed by atoms with Crippen LogP contribution in [0.3, 0.4) is 0 Å². The maximum absolute atomic E-state index is 8.79. The number of hydrogen-bond donors (Lipinski definition) is 2. The van der Waals surface area contributed by atoms with E-state index in [9.17, 15) is 0 Å². The molecule has 3 N–H and O–H groups in total. The number of nitrogens with two attached hydrogens (primary N) is 1. The highest BCUT2D eigenvalue weighted by atomic mass is 14.6. The van der Waals surface area contributed by atoms with Gasteiger partial charge in [0, 0.05) is 17.3 Å². The largest absolute Gasteiger partial charge is 0.405 e. The van der Waals surface area contributed by atoms with E-state index in [2.05, 4.69) is 29.9 Å². The molecule has 0 saturated carbocycles. The minimum Gasteiger partial charge on any atom is -0.405 e. The molecule has 0 aromatic heterocycles. The van der Waals surface area contributed by atoms with Gasteiger partial charge in [-0.2, -0.15) is 0 Å². The third-order valence-electron chi connectivity index (χ3n) is 4.86. The van der Waals surface area contributed by atoms with Crippen molar-refractivity contribution >= 4 is 23.6 Å². The van der Waals surface area contributed by atoms with Crippen molar-refractivity contribution in [2.75, 3.05) is 0 Å². The lowest BCUT2D eigenvalue weighted by Gasteiger charge is -2.12. The summed E-state index contributed by atoms with van der Waals surface area (Å²) in [5.74, 6) is 0. The molecule has 30 heavy (non-hydrogen) atoms. The van der Waals surface area contributed by atoms with Gasteiger partial charge in [0.2, 0.25) is 0 Å². The quantitative estimate of drug-likeness (QED) is 0.358. The fourth-order valence-electron chi connectivity index (χ4n) is 3.22. The predicted molar refractivity (Wildman–Crippen MR) is 130 cm³/mol. The highest BCUT2D eigenvalue weighted by Crippen LogP contribution is 2.26. The number of rotatable bonds is 7. The second-order valence-electron chi connectivity index (χ2n) is 6.86. The first kappa shape index (κ1) is 20.7. The molecule has 0 fully saturated rings. The van der Waals surface area contributed by atoms with Crippen molar-refractivity contribution in [2.24, 2.45) is 10.7 Å². The van der Waals surface area contributed by atoms with Gasteiger partial charge in [-0.15, -0.1) is 0 Å². The summed E-state index contributed by atoms with van der Waals surface area (Å²) in [4.78, 5) is 3.95. The zero-order valence-electron chi connectivity index (χ0n) is 17.0. The van der Waals surface area contributed by atoms with Crippen LogP contribution >= 0.6 is 0 Å². The first-order valence-electron chi connectivity index (χ1n) is 9.71. The van der Waals surface area contributed by atoms with Crippen molar-refractivity contribution in [2.45, 2.75) is 6.92 Å². The molecule has 0 amide bonds. The van der Waals surface area contributed by atoms with Gasteiger partial charge >= 0.3 is 0 Å². The van der Waals surface area contributed by atoms with E-state index in [1.807, 2.05) is 73.7 Å². The van der Waals surface area contributed by atoms with Gasteiger partial charge in [-0.25, -0.2) is 0 Å². The fourth-order valence-corrected chi connectivity index (χ4v) is 3.22. The van der Waals surface area contributed by atoms with Gasteiger partial charge in [-0.05, 0) is 59.8 Å². The van der Waals surface area contributed by atoms with Crippen LogP contribution in [0.4, 0.5) is 0 Å². The van der Waals surface area contributed by atoms with Crippen LogP contribution in [0.1, 0.15) is 23.6 Å². The van der Waals surface area contributed by atoms with Gasteiger partial charge in [0.05, 0.1) is 5.71 Å². The van der Waals surface area contributed by atoms with Gasteiger partial charge < -0.3 is 5.73 Å². The average molecular weight is 392 g/mol. The zero-order valence-corrected chi connectivity index (χ0v) is 17.0. The molecular weight excluding hydrogens is 366 g/mol. The van der Waals surface area contributed by atoms with Gasteiger partial charge in [0.25, 0.3) is 0 Å². The van der Waals surface area contributed by atoms with Crippen LogP contribution in [0.25, 0.3) is 22.3 Å². The van der Waals surface area contributed by atoms with Crippen LogP contribution in [-0.2, 0) is 0 Å². The normalized spacial score (nSPS) is 12.2. The molecule has 0 spiro atoms. The minimum absolute atomic E-state index is 0.405. The number of aliphatic imine (C=N–C) groups is 1. The lowest BCUT2D eigenvalue weighted by atomic mass is 9.93. The molecule has 3 aromatic rings. The van der Waals surface area contributed by atoms with Crippen molar-refractivity contribution in [3.05, 3.63) is 120 Å². The summed E-state index contributed by atoms with van der Waals surface area (Å²) in [7, 11) is 0. The highest BCUT2D eigenvalue weighted by Gasteiger charge is 2.12. The molecular formula is C27H25N3. The van der Waals surface area contributed by atoms with E-state index in [-0.39, 0.29) is 0 Å². The molecule has 0 saturated heterocycles. The Bertz CT molecular complexity index is 1120. The summed E-state index contributed by atoms with van der Waals surface area (Å²) in [5.41, 5.74) is 12.7. The third kappa shape index (κ3) is 4.89. The first-order valence-corrected chi connectivity index (χ1v) is 9.71. The molecule has 3 aromatic carbocycles. The van der Waals surface area contributed by atoms with Crippen LogP contribution < -0.4 is 5.73 Å². The van der Waals surface area contributed by atoms with Gasteiger partial charge in [-0.1, -0.05) is 78.9 Å². The number of allylic oxidation sites excluding steroid dienone is 4. The lowest BCUT2D eigenvalue weighted by molar-refractivity contribution is 1.46. The smallest absolute Gasteiger partial charge is 0.0706 e. The van der Waals surface area contributed by atoms with E-state index in [1.165, 1.54) is 6.20 Å². The van der Waals surface area contributed by atoms with Crippen LogP contribution in [0.5, 0.6) is 0 Å². The van der Waals surface area contributed by atoms with E-state index in [0.29, 0.717) is 5.71 Å². The van der Waals surface area contributed by atoms with E-state index in [0.717, 1.165) is 39.0 Å². The average Bonchev–Trinajstić information content (AvgIpc) is 2.81. The Morgan fingerprint density at radius 2 is 1.53 bits per heavy atom. The first-order chi connectivity index (χ1) is 14.6. The second-order valence-corrected chi connectivity index (χ2v) is 6.86. The van der Waals surface area contributed by atoms with Crippen LogP contribution in [-0.4, -0.2) is 12.4 Å². The van der Waals surface area contributed by atoms with Crippen LogP contribution in [0.2, 0.25) is 0 Å². The zero-order chi connectivity index (χ0) is 21.3. The summed E-state index contributed by atoms with van der Waals surface area (Å²) in [6.07, 6.45) is 6.92. The summed E-state index contributed by atoms with van der Waals surface area (Å²) >= 11 is 0. The molecule has 0 atom stereocenters. The topological polar surface area (TPSA) is 62.2 Å². The number of hydrogen-bond acceptors (Lipinski definition) is 3. The van der Waals surface area contributed by atoms with Gasteiger partial charge in [0.1, 0.15) is 0 Å². The van der Waals surface area contributed by atoms with Crippen LogP contribution in [0.15, 0.2) is 108 Å². The Morgan fingerprint density at radius 1 is 0.867 bits per heavy atom. The van der Waals surface area contributed by atoms with E-state index >= 15 is 0 Å². The summed E-state index contributed by atoms with van der Waals surface area (Å²) in [5, 5.41) is 8.79. The monoisotopic (exact) mass is 391 g/mol. The Kier molecular flexibility index (Phi) is 6.91. The predicted octanol–water partition coefficient (Wildman–Crippen LogP) is 6.34. The van der Waals surface area contributed by atoms with Crippen molar-refractivity contribution in [1.29, 1.82) is 5.41 Å². The van der Waals surface area contributed by atoms with E-state index in [1.54, 1.807) is 12.3 Å². The van der Waals surface area contributed by atoms with Crippen LogP contribution in [0, 0.1) is 5.41 Å². The molecule has 0 unspecified atom stereocenters. The maximum Gasteiger partial charge on any atom is 0.0706 e. The third-order valence-corrected chi connectivity index (χ3v) is 4.86. The number of nitrogens with zero attached hydrogens (tertiary/aromatic N) is 1. The molecule has 148 valence electrons. The molecule has 0 aliphatic rings. The second kappa shape index (κ2) is 9.99. The van der Waals surface area contributed by atoms with Crippen molar-refractivity contribution in [3.8, 4) is 11.1 Å². The van der Waals surface area contributed by atoms with E-state index < -0.39 is 0 Å². The lowest BCUT2D eigenvalue weighted by Crippen LogP contribution is -2.03. The molecule has 0 aliphatic carbocycles. The molecule has 3 heteroatoms. The molecule has 0 heterocycles. The number of nitrogens with one attached hydrogen (secondary N) is 1. The molecule has 0 aliphatic heterocycles. The summed E-state index contributed by atoms with van der Waals surface area (Å²) in [6, 6.07) is 26.3. The van der Waals surface area contributed by atoms with E-state index in [4.69, 9.17) is 11.1 Å². The fraction of sp³-hybridized carbons (Fsp3) is 0.0370. The van der Waals surface area contributed by atoms with Crippen molar-refractivity contribution < 1.29 is 0 Å². The summed E-state index contributed by atoms with van der Waals surface area (Å²) in [6.45, 7) is 5.63. The SMILES string of the molecule is C=N/C=C(\C(=N)c1ccc(-c2ccccc2)cc1)c1cccc(/C(C)=C/C=C\N)c1. The Hall–Kier alpha value is -3.98. The standard InChI is InChI=1S/C27H25N3/c1-20(8-7-17-28)24-11-6-12-25(18-24)26(19-30-2)27(29)23-15-13-22(14-16-23)21-9-4-3-5-10-21/h3-19,29H,2,28H2,1H3/b17-7-,20-8+,26-19-,29-27?. The van der Waals surface area contributed by atoms with Gasteiger partial charge in [0.15, 0.2) is 0 Å². The maximum atomic E-state index is 8.79. The summed E-state index contributed by atoms with van der Waals surface area (Å²) < 4.78 is 0. The Balaban J connectivity index is 1.93. The molecule has 0 radical (unpaired) electrons. The van der Waals surface area contributed by atoms with Crippen molar-refractivity contribution in [3.63, 3.8) is 0 Å². The molecule has 0 bridgehead atoms. The van der Waals surface area contributed by atoms with Crippen molar-refractivity contribution in [1.82, 2.24) is 0 Å². The Labute approximate surface area is 178 Å². The minimum atomic E-state index is 0.405. The molecule has 3 rings (SSSR count). The number of benzene rings is 3. The van der Waals surface area contributed by atoms with Gasteiger partial charge in [-0.3, -0.25) is 10.4 Å².